The van der Waals surface area contributed by atoms with E-state index in [0.717, 1.165) is 5.56 Å². The minimum Gasteiger partial charge on any atom is -0.493 e. The van der Waals surface area contributed by atoms with Gasteiger partial charge in [0.1, 0.15) is 0 Å². The number of nitrogens with zero attached hydrogens (tertiary/aromatic N) is 1. The highest BCUT2D eigenvalue weighted by molar-refractivity contribution is 7.90. The summed E-state index contributed by atoms with van der Waals surface area (Å²) in [5.74, 6) is 0.0885. The first-order valence-corrected chi connectivity index (χ1v) is 10.5. The number of methoxy groups -OCH3 is 2. The molecular formula is C19H21N5O5S2. The number of sulfonamides is 1. The minimum absolute atomic E-state index is 0.0294. The van der Waals surface area contributed by atoms with Crippen molar-refractivity contribution in [2.45, 2.75) is 4.90 Å². The largest absolute Gasteiger partial charge is 0.493 e. The molecule has 0 saturated heterocycles. The third kappa shape index (κ3) is 6.97. The third-order valence-corrected chi connectivity index (χ3v) is 5.23. The number of carbonyl (C=O) groups is 1. The highest BCUT2D eigenvalue weighted by atomic mass is 32.2. The van der Waals surface area contributed by atoms with Crippen LogP contribution in [0.5, 0.6) is 11.5 Å². The van der Waals surface area contributed by atoms with Crippen LogP contribution in [0, 0.1) is 0 Å². The van der Waals surface area contributed by atoms with Crippen LogP contribution in [0.15, 0.2) is 57.8 Å². The summed E-state index contributed by atoms with van der Waals surface area (Å²) in [4.78, 5) is 12.0. The van der Waals surface area contributed by atoms with E-state index in [2.05, 4.69) is 15.0 Å². The summed E-state index contributed by atoms with van der Waals surface area (Å²) in [7, 11) is -0.934. The predicted molar refractivity (Wildman–Crippen MR) is 122 cm³/mol. The number of hydrogen-bond donors (Lipinski definition) is 4. The van der Waals surface area contributed by atoms with E-state index in [0.29, 0.717) is 17.2 Å². The number of carbonyl (C=O) groups excluding carboxylic acids is 1. The zero-order valence-electron chi connectivity index (χ0n) is 16.7. The van der Waals surface area contributed by atoms with Crippen molar-refractivity contribution in [3.05, 3.63) is 54.1 Å². The second kappa shape index (κ2) is 10.4. The number of amides is 1. The number of nitrogens with one attached hydrogen (secondary N) is 2. The van der Waals surface area contributed by atoms with Gasteiger partial charge in [0.2, 0.25) is 11.9 Å². The summed E-state index contributed by atoms with van der Waals surface area (Å²) in [6.07, 6.45) is 2.89. The second-order valence-corrected chi connectivity index (χ2v) is 7.92. The summed E-state index contributed by atoms with van der Waals surface area (Å²) in [6, 6.07) is 10.7. The van der Waals surface area contributed by atoms with E-state index < -0.39 is 21.9 Å². The Morgan fingerprint density at radius 1 is 1.06 bits per heavy atom. The summed E-state index contributed by atoms with van der Waals surface area (Å²) < 4.78 is 37.4. The van der Waals surface area contributed by atoms with Gasteiger partial charge in [-0.1, -0.05) is 6.07 Å². The first-order valence-electron chi connectivity index (χ1n) is 8.62. The normalized spacial score (nSPS) is 10.9. The molecule has 2 aromatic carbocycles. The van der Waals surface area contributed by atoms with Gasteiger partial charge in [0.15, 0.2) is 16.6 Å². The molecule has 2 rings (SSSR count). The molecule has 2 aromatic rings. The van der Waals surface area contributed by atoms with Crippen molar-refractivity contribution in [3.8, 4) is 11.5 Å². The van der Waals surface area contributed by atoms with Gasteiger partial charge in [-0.3, -0.25) is 10.1 Å². The van der Waals surface area contributed by atoms with Gasteiger partial charge >= 0.3 is 0 Å². The summed E-state index contributed by atoms with van der Waals surface area (Å²) in [5.41, 5.74) is 11.4. The number of benzene rings is 2. The molecule has 12 heteroatoms. The average Bonchev–Trinajstić information content (AvgIpc) is 2.71. The molecule has 0 radical (unpaired) electrons. The molecule has 0 spiro atoms. The smallest absolute Gasteiger partial charge is 0.285 e. The molecule has 0 saturated carbocycles. The fraction of sp³-hybridized carbons (Fsp3) is 0.105. The molecule has 0 aliphatic carbocycles. The Morgan fingerprint density at radius 3 is 2.29 bits per heavy atom. The Kier molecular flexibility index (Phi) is 7.94. The highest BCUT2D eigenvalue weighted by Gasteiger charge is 2.13. The summed E-state index contributed by atoms with van der Waals surface area (Å²) in [6.45, 7) is 0. The fourth-order valence-corrected chi connectivity index (χ4v) is 3.43. The van der Waals surface area contributed by atoms with Gasteiger partial charge in [-0.2, -0.15) is 8.42 Å². The van der Waals surface area contributed by atoms with Crippen LogP contribution in [0.1, 0.15) is 5.56 Å². The number of rotatable bonds is 7. The van der Waals surface area contributed by atoms with Crippen LogP contribution in [-0.2, 0) is 14.8 Å². The van der Waals surface area contributed by atoms with E-state index in [1.165, 1.54) is 44.6 Å². The van der Waals surface area contributed by atoms with E-state index in [4.69, 9.17) is 33.2 Å². The molecule has 0 aromatic heterocycles. The van der Waals surface area contributed by atoms with Crippen LogP contribution in [0.2, 0.25) is 0 Å². The highest BCUT2D eigenvalue weighted by Crippen LogP contribution is 2.27. The monoisotopic (exact) mass is 463 g/mol. The van der Waals surface area contributed by atoms with Gasteiger partial charge in [-0.25, -0.2) is 0 Å². The van der Waals surface area contributed by atoms with E-state index in [1.807, 2.05) is 0 Å². The van der Waals surface area contributed by atoms with Crippen molar-refractivity contribution in [1.29, 1.82) is 0 Å². The minimum atomic E-state index is -3.99. The van der Waals surface area contributed by atoms with E-state index in [-0.39, 0.29) is 10.0 Å². The van der Waals surface area contributed by atoms with Gasteiger partial charge in [0, 0.05) is 11.8 Å². The zero-order valence-corrected chi connectivity index (χ0v) is 18.3. The van der Waals surface area contributed by atoms with Crippen molar-refractivity contribution in [1.82, 2.24) is 5.32 Å². The van der Waals surface area contributed by atoms with E-state index in [1.54, 1.807) is 24.3 Å². The van der Waals surface area contributed by atoms with Crippen LogP contribution in [-0.4, -0.2) is 39.6 Å². The summed E-state index contributed by atoms with van der Waals surface area (Å²) >= 11 is 5.09. The van der Waals surface area contributed by atoms with Crippen molar-refractivity contribution in [2.24, 2.45) is 15.9 Å². The molecule has 0 fully saturated rings. The lowest BCUT2D eigenvalue weighted by Crippen LogP contribution is -2.32. The molecule has 0 atom stereocenters. The predicted octanol–water partition coefficient (Wildman–Crippen LogP) is 1.19. The van der Waals surface area contributed by atoms with Gasteiger partial charge in [0.05, 0.1) is 19.1 Å². The van der Waals surface area contributed by atoms with Crippen LogP contribution < -0.4 is 31.6 Å². The van der Waals surface area contributed by atoms with Gasteiger partial charge in [-0.15, -0.1) is 4.40 Å². The maximum Gasteiger partial charge on any atom is 0.285 e. The standard InChI is InChI=1S/C19H21N5O5S2/c1-28-15-9-3-12(11-16(15)29-2)4-10-17(25)23-19(30)22-13-5-7-14(8-6-13)31(26,27)24-18(20)21/h3-11H,1-2H3,(H4,20,21,24)(H2,22,23,25,30). The van der Waals surface area contributed by atoms with Crippen LogP contribution in [0.4, 0.5) is 5.69 Å². The van der Waals surface area contributed by atoms with Gasteiger partial charge in [-0.05, 0) is 60.3 Å². The lowest BCUT2D eigenvalue weighted by Gasteiger charge is -2.09. The molecule has 0 unspecified atom stereocenters. The molecule has 0 heterocycles. The molecule has 0 aliphatic heterocycles. The first-order chi connectivity index (χ1) is 14.6. The molecular weight excluding hydrogens is 442 g/mol. The quantitative estimate of drug-likeness (QED) is 0.205. The molecule has 0 aliphatic rings. The number of ether oxygens (including phenoxy) is 2. The number of anilines is 1. The third-order valence-electron chi connectivity index (χ3n) is 3.71. The van der Waals surface area contributed by atoms with Crippen LogP contribution in [0.25, 0.3) is 6.08 Å². The Labute approximate surface area is 185 Å². The van der Waals surface area contributed by atoms with Crippen LogP contribution in [0.3, 0.4) is 0 Å². The van der Waals surface area contributed by atoms with Gasteiger partial charge in [0.25, 0.3) is 10.0 Å². The SMILES string of the molecule is COc1ccc(C=CC(=O)NC(=S)Nc2ccc(S(=O)(=O)N=C(N)N)cc2)cc1OC. The van der Waals surface area contributed by atoms with Crippen molar-refractivity contribution in [2.75, 3.05) is 19.5 Å². The van der Waals surface area contributed by atoms with Gasteiger partial charge < -0.3 is 26.3 Å². The lowest BCUT2D eigenvalue weighted by molar-refractivity contribution is -0.115. The van der Waals surface area contributed by atoms with E-state index >= 15 is 0 Å². The number of hydrogen-bond acceptors (Lipinski definition) is 6. The Bertz CT molecular complexity index is 1120. The molecule has 1 amide bonds. The Morgan fingerprint density at radius 2 is 1.71 bits per heavy atom. The summed E-state index contributed by atoms with van der Waals surface area (Å²) in [5, 5.41) is 5.29. The number of nitrogens with two attached hydrogens (primary N) is 2. The first kappa shape index (κ1) is 23.6. The zero-order chi connectivity index (χ0) is 23.0. The maximum atomic E-state index is 12.1. The Balaban J connectivity index is 1.97. The molecule has 0 bridgehead atoms. The molecule has 164 valence electrons. The van der Waals surface area contributed by atoms with E-state index in [9.17, 15) is 13.2 Å². The number of guanidine groups is 1. The molecule has 6 N–H and O–H groups in total. The average molecular weight is 464 g/mol. The van der Waals surface area contributed by atoms with Crippen molar-refractivity contribution >= 4 is 51.0 Å². The van der Waals surface area contributed by atoms with Crippen molar-refractivity contribution < 1.29 is 22.7 Å². The molecule has 31 heavy (non-hydrogen) atoms. The van der Waals surface area contributed by atoms with Crippen LogP contribution >= 0.6 is 12.2 Å². The molecule has 10 nitrogen and oxygen atoms in total. The lowest BCUT2D eigenvalue weighted by atomic mass is 10.2. The topological polar surface area (TPSA) is 158 Å². The maximum absolute atomic E-state index is 12.1. The fourth-order valence-electron chi connectivity index (χ4n) is 2.35. The number of thiocarbonyl (C=S) groups is 1. The Hall–Kier alpha value is -3.64. The van der Waals surface area contributed by atoms with Crippen molar-refractivity contribution in [3.63, 3.8) is 0 Å². The second-order valence-electron chi connectivity index (χ2n) is 5.91.